The maximum atomic E-state index is 13.7. The highest BCUT2D eigenvalue weighted by Crippen LogP contribution is 2.63. The smallest absolute Gasteiger partial charge is 0.255 e. The summed E-state index contributed by atoms with van der Waals surface area (Å²) >= 11 is 0. The third-order valence-electron chi connectivity index (χ3n) is 6.49. The molecule has 0 fully saturated rings. The van der Waals surface area contributed by atoms with Crippen LogP contribution in [-0.2, 0) is 9.84 Å². The second-order valence-corrected chi connectivity index (χ2v) is 13.9. The minimum absolute atomic E-state index is 0.0887. The van der Waals surface area contributed by atoms with Crippen LogP contribution in [0.2, 0.25) is 0 Å². The lowest BCUT2D eigenvalue weighted by Crippen LogP contribution is -2.31. The summed E-state index contributed by atoms with van der Waals surface area (Å²) in [5.74, 6) is -0.615. The second kappa shape index (κ2) is 13.1. The van der Waals surface area contributed by atoms with E-state index in [9.17, 15) is 22.3 Å². The van der Waals surface area contributed by atoms with Crippen LogP contribution in [0.4, 0.5) is 0 Å². The highest BCUT2D eigenvalue weighted by Gasteiger charge is 2.46. The second-order valence-electron chi connectivity index (χ2n) is 9.71. The van der Waals surface area contributed by atoms with Crippen molar-refractivity contribution >= 4 is 26.3 Å². The van der Waals surface area contributed by atoms with Gasteiger partial charge in [0.05, 0.1) is 27.7 Å². The van der Waals surface area contributed by atoms with Crippen molar-refractivity contribution in [1.82, 2.24) is 10.2 Å². The third kappa shape index (κ3) is 7.26. The Kier molecular flexibility index (Phi) is 10.4. The van der Waals surface area contributed by atoms with Crippen molar-refractivity contribution in [2.45, 2.75) is 60.5 Å². The van der Waals surface area contributed by atoms with Gasteiger partial charge in [-0.3, -0.25) is 13.9 Å². The Balaban J connectivity index is 1.98. The van der Waals surface area contributed by atoms with Crippen molar-refractivity contribution in [3.05, 3.63) is 53.6 Å². The zero-order valence-electron chi connectivity index (χ0n) is 22.0. The van der Waals surface area contributed by atoms with Gasteiger partial charge in [0.25, 0.3) is 5.91 Å². The number of carbonyl (C=O) groups excluding carboxylic acids is 1. The zero-order chi connectivity index (χ0) is 27.1. The van der Waals surface area contributed by atoms with E-state index in [0.717, 1.165) is 32.1 Å². The van der Waals surface area contributed by atoms with Crippen LogP contribution in [0.3, 0.4) is 0 Å². The highest BCUT2D eigenvalue weighted by atomic mass is 32.3. The number of nitrogens with one attached hydrogen (secondary N) is 1. The number of unbranched alkanes of at least 4 members (excludes halogenated alkanes) is 5. The van der Waals surface area contributed by atoms with E-state index < -0.39 is 25.7 Å². The van der Waals surface area contributed by atoms with E-state index >= 15 is 0 Å². The van der Waals surface area contributed by atoms with Crippen LogP contribution in [0.15, 0.2) is 52.3 Å². The summed E-state index contributed by atoms with van der Waals surface area (Å²) in [6.07, 6.45) is 6.27. The summed E-state index contributed by atoms with van der Waals surface area (Å²) in [6, 6.07) is 10.9. The van der Waals surface area contributed by atoms with Crippen LogP contribution in [0.1, 0.15) is 66.6 Å². The molecule has 206 valence electrons. The predicted molar refractivity (Wildman–Crippen MR) is 149 cm³/mol. The molecule has 10 heteroatoms. The molecule has 3 N–H and O–H groups in total. The average Bonchev–Trinajstić information content (AvgIpc) is 3.15. The van der Waals surface area contributed by atoms with Gasteiger partial charge < -0.3 is 15.0 Å². The number of ether oxygens (including phenoxy) is 1. The molecule has 0 aromatic heterocycles. The van der Waals surface area contributed by atoms with E-state index in [4.69, 9.17) is 4.74 Å². The molecule has 0 aliphatic carbocycles. The van der Waals surface area contributed by atoms with Gasteiger partial charge in [0.2, 0.25) is 0 Å². The van der Waals surface area contributed by atoms with Gasteiger partial charge in [-0.2, -0.15) is 10.6 Å². The molecule has 0 saturated carbocycles. The minimum Gasteiger partial charge on any atom is -0.492 e. The first kappa shape index (κ1) is 29.4. The minimum atomic E-state index is -3.98. The van der Waals surface area contributed by atoms with Gasteiger partial charge in [-0.05, 0) is 44.8 Å². The molecular formula is C27H40N2O6S2. The molecular weight excluding hydrogens is 512 g/mol. The Morgan fingerprint density at radius 2 is 1.73 bits per heavy atom. The van der Waals surface area contributed by atoms with Gasteiger partial charge in [0.15, 0.2) is 9.84 Å². The van der Waals surface area contributed by atoms with E-state index in [2.05, 4.69) is 12.2 Å². The fourth-order valence-corrected chi connectivity index (χ4v) is 8.87. The van der Waals surface area contributed by atoms with E-state index in [1.807, 2.05) is 19.0 Å². The molecule has 0 radical (unpaired) electrons. The SMILES string of the molecule is CCCCCCCCOc1c(C(=O)NCCN(C)C)ccc2c1C(S(=O)(=O)c1ccccc1)CS2(O)O. The number of benzene rings is 2. The number of rotatable bonds is 14. The third-order valence-corrected chi connectivity index (χ3v) is 10.6. The van der Waals surface area contributed by atoms with E-state index in [0.29, 0.717) is 19.7 Å². The first-order valence-electron chi connectivity index (χ1n) is 12.9. The first-order chi connectivity index (χ1) is 17.6. The molecule has 0 saturated heterocycles. The van der Waals surface area contributed by atoms with Crippen LogP contribution in [-0.4, -0.2) is 67.9 Å². The summed E-state index contributed by atoms with van der Waals surface area (Å²) in [7, 11) is -3.55. The molecule has 0 bridgehead atoms. The molecule has 2 aromatic rings. The van der Waals surface area contributed by atoms with Crippen molar-refractivity contribution in [3.63, 3.8) is 0 Å². The van der Waals surface area contributed by atoms with Crippen molar-refractivity contribution in [2.24, 2.45) is 0 Å². The lowest BCUT2D eigenvalue weighted by atomic mass is 10.1. The monoisotopic (exact) mass is 552 g/mol. The van der Waals surface area contributed by atoms with Crippen LogP contribution < -0.4 is 10.1 Å². The number of fused-ring (bicyclic) bond motifs is 1. The average molecular weight is 553 g/mol. The number of hydrogen-bond acceptors (Lipinski definition) is 7. The van der Waals surface area contributed by atoms with Gasteiger partial charge in [0, 0.05) is 18.7 Å². The normalized spacial score (nSPS) is 17.4. The van der Waals surface area contributed by atoms with Crippen LogP contribution in [0.25, 0.3) is 0 Å². The van der Waals surface area contributed by atoms with Crippen LogP contribution in [0.5, 0.6) is 5.75 Å². The Morgan fingerprint density at radius 3 is 2.41 bits per heavy atom. The van der Waals surface area contributed by atoms with Crippen molar-refractivity contribution in [2.75, 3.05) is 39.5 Å². The molecule has 3 rings (SSSR count). The Bertz CT molecular complexity index is 1150. The number of amides is 1. The van der Waals surface area contributed by atoms with E-state index in [1.54, 1.807) is 18.2 Å². The number of nitrogens with zero attached hydrogens (tertiary/aromatic N) is 1. The molecule has 1 aliphatic rings. The molecule has 1 unspecified atom stereocenters. The summed E-state index contributed by atoms with van der Waals surface area (Å²) in [5, 5.41) is 1.63. The number of likely N-dealkylation sites (N-methyl/N-ethyl adjacent to an activating group) is 1. The van der Waals surface area contributed by atoms with Crippen molar-refractivity contribution in [3.8, 4) is 5.75 Å². The van der Waals surface area contributed by atoms with Crippen molar-refractivity contribution in [1.29, 1.82) is 0 Å². The number of sulfone groups is 1. The fraction of sp³-hybridized carbons (Fsp3) is 0.519. The fourth-order valence-electron chi connectivity index (χ4n) is 4.45. The molecule has 0 spiro atoms. The Morgan fingerprint density at radius 1 is 1.05 bits per heavy atom. The lowest BCUT2D eigenvalue weighted by molar-refractivity contribution is 0.0946. The summed E-state index contributed by atoms with van der Waals surface area (Å²) in [5.41, 5.74) is 0.393. The molecule has 37 heavy (non-hydrogen) atoms. The summed E-state index contributed by atoms with van der Waals surface area (Å²) in [4.78, 5) is 15.3. The Labute approximate surface area is 222 Å². The van der Waals surface area contributed by atoms with Crippen LogP contribution in [0, 0.1) is 0 Å². The van der Waals surface area contributed by atoms with Gasteiger partial charge in [0.1, 0.15) is 11.0 Å². The standard InChI is InChI=1S/C27H40N2O6S2/c1-4-5-6-7-8-12-19-35-26-22(27(30)28-17-18-29(2)3)15-16-23-25(26)24(20-36(23,31)32)37(33,34)21-13-10-9-11-14-21/h9-11,13-16,24,31-32H,4-8,12,17-20H2,1-3H3,(H,28,30). The molecule has 1 amide bonds. The van der Waals surface area contributed by atoms with Gasteiger partial charge in [-0.25, -0.2) is 8.42 Å². The molecule has 1 aliphatic heterocycles. The molecule has 1 heterocycles. The van der Waals surface area contributed by atoms with Crippen LogP contribution >= 0.6 is 10.6 Å². The maximum Gasteiger partial charge on any atom is 0.255 e. The summed E-state index contributed by atoms with van der Waals surface area (Å²) in [6.45, 7) is 3.50. The number of hydrogen-bond donors (Lipinski definition) is 3. The van der Waals surface area contributed by atoms with E-state index in [1.165, 1.54) is 30.7 Å². The van der Waals surface area contributed by atoms with Crippen molar-refractivity contribution < 1.29 is 27.1 Å². The van der Waals surface area contributed by atoms with Gasteiger partial charge in [-0.1, -0.05) is 57.2 Å². The Hall–Kier alpha value is -2.11. The van der Waals surface area contributed by atoms with E-state index in [-0.39, 0.29) is 38.3 Å². The first-order valence-corrected chi connectivity index (χ1v) is 16.1. The largest absolute Gasteiger partial charge is 0.492 e. The topological polar surface area (TPSA) is 116 Å². The quantitative estimate of drug-likeness (QED) is 0.270. The summed E-state index contributed by atoms with van der Waals surface area (Å²) < 4.78 is 55.3. The maximum absolute atomic E-state index is 13.7. The molecule has 1 atom stereocenters. The molecule has 8 nitrogen and oxygen atoms in total. The van der Waals surface area contributed by atoms with Gasteiger partial charge >= 0.3 is 0 Å². The lowest BCUT2D eigenvalue weighted by Gasteiger charge is -2.27. The molecule has 2 aromatic carbocycles. The number of carbonyl (C=O) groups is 1. The zero-order valence-corrected chi connectivity index (χ0v) is 23.6. The predicted octanol–water partition coefficient (Wildman–Crippen LogP) is 5.36. The van der Waals surface area contributed by atoms with Gasteiger partial charge in [-0.15, -0.1) is 0 Å². The highest BCUT2D eigenvalue weighted by molar-refractivity contribution is 8.25.